The van der Waals surface area contributed by atoms with Crippen molar-refractivity contribution >= 4 is 11.8 Å². The highest BCUT2D eigenvalue weighted by Crippen LogP contribution is 2.29. The van der Waals surface area contributed by atoms with Gasteiger partial charge in [-0.15, -0.1) is 0 Å². The molecule has 0 spiro atoms. The fourth-order valence-corrected chi connectivity index (χ4v) is 5.14. The van der Waals surface area contributed by atoms with Crippen LogP contribution in [0, 0.1) is 17.7 Å². The van der Waals surface area contributed by atoms with Crippen molar-refractivity contribution in [2.75, 3.05) is 39.3 Å². The fourth-order valence-electron chi connectivity index (χ4n) is 5.14. The monoisotopic (exact) mass is 513 g/mol. The summed E-state index contributed by atoms with van der Waals surface area (Å²) in [6.45, 7) is 7.44. The number of hydrogen-bond donors (Lipinski definition) is 2. The second-order valence-electron chi connectivity index (χ2n) is 10.8. The zero-order valence-electron chi connectivity index (χ0n) is 21.7. The van der Waals surface area contributed by atoms with Gasteiger partial charge < -0.3 is 15.0 Å². The number of hydrogen-bond acceptors (Lipinski definition) is 5. The third-order valence-electron chi connectivity index (χ3n) is 7.15. The number of alkyl halides is 1. The van der Waals surface area contributed by atoms with E-state index in [1.807, 2.05) is 12.1 Å². The molecule has 0 saturated carbocycles. The molecule has 2 amide bonds. The number of likely N-dealkylation sites (tertiary alicyclic amines) is 1. The van der Waals surface area contributed by atoms with E-state index in [9.17, 15) is 18.4 Å². The molecule has 2 aliphatic rings. The van der Waals surface area contributed by atoms with Crippen molar-refractivity contribution in [1.29, 1.82) is 0 Å². The van der Waals surface area contributed by atoms with E-state index in [1.54, 1.807) is 38.1 Å². The highest BCUT2D eigenvalue weighted by molar-refractivity contribution is 6.09. The molecule has 0 atom stereocenters. The summed E-state index contributed by atoms with van der Waals surface area (Å²) >= 11 is 0. The number of rotatable bonds is 8. The van der Waals surface area contributed by atoms with Gasteiger partial charge in [-0.2, -0.15) is 0 Å². The van der Waals surface area contributed by atoms with E-state index in [4.69, 9.17) is 4.74 Å². The lowest BCUT2D eigenvalue weighted by atomic mass is 9.96. The molecule has 4 rings (SSSR count). The van der Waals surface area contributed by atoms with E-state index in [-0.39, 0.29) is 17.4 Å². The Kier molecular flexibility index (Phi) is 8.92. The second-order valence-corrected chi connectivity index (χ2v) is 10.8. The zero-order valence-corrected chi connectivity index (χ0v) is 21.7. The molecule has 2 fully saturated rings. The molecule has 37 heavy (non-hydrogen) atoms. The lowest BCUT2D eigenvalue weighted by Crippen LogP contribution is -2.41. The molecule has 200 valence electrons. The Hall–Kier alpha value is -2.84. The van der Waals surface area contributed by atoms with E-state index in [0.717, 1.165) is 39.0 Å². The van der Waals surface area contributed by atoms with Gasteiger partial charge in [0.2, 0.25) is 5.91 Å². The Morgan fingerprint density at radius 1 is 1.05 bits per heavy atom. The van der Waals surface area contributed by atoms with Gasteiger partial charge in [0.05, 0.1) is 12.2 Å². The minimum atomic E-state index is -1.18. The van der Waals surface area contributed by atoms with Crippen molar-refractivity contribution in [1.82, 2.24) is 15.5 Å². The maximum Gasteiger partial charge on any atom is 0.261 e. The third kappa shape index (κ3) is 7.58. The number of nitrogens with one attached hydrogen (secondary N) is 2. The molecular weight excluding hydrogens is 476 g/mol. The standard InChI is InChI=1S/C29H37F2N3O3/c1-29(2,31)19-34-16-12-20(13-17-34)18-37-23-8-6-21(7-9-23)24-4-3-5-25(30)26(24)28(36)33-27(35)22-10-14-32-15-11-22/h3-9,20,22,32H,10-19H2,1-2H3,(H,33,35,36). The van der Waals surface area contributed by atoms with Crippen molar-refractivity contribution in [2.45, 2.75) is 45.2 Å². The first-order valence-corrected chi connectivity index (χ1v) is 13.2. The zero-order chi connectivity index (χ0) is 26.4. The van der Waals surface area contributed by atoms with Crippen molar-refractivity contribution < 1.29 is 23.1 Å². The molecule has 2 saturated heterocycles. The molecule has 0 unspecified atom stereocenters. The van der Waals surface area contributed by atoms with Crippen LogP contribution in [0.3, 0.4) is 0 Å². The summed E-state index contributed by atoms with van der Waals surface area (Å²) in [5, 5.41) is 5.59. The lowest BCUT2D eigenvalue weighted by Gasteiger charge is -2.34. The van der Waals surface area contributed by atoms with E-state index in [1.165, 1.54) is 6.07 Å². The number of carbonyl (C=O) groups excluding carboxylic acids is 2. The molecule has 2 aromatic carbocycles. The largest absolute Gasteiger partial charge is 0.493 e. The van der Waals surface area contributed by atoms with Crippen molar-refractivity contribution in [3.63, 3.8) is 0 Å². The molecule has 8 heteroatoms. The molecule has 2 N–H and O–H groups in total. The molecule has 2 aliphatic heterocycles. The summed E-state index contributed by atoms with van der Waals surface area (Å²) in [7, 11) is 0. The molecule has 6 nitrogen and oxygen atoms in total. The smallest absolute Gasteiger partial charge is 0.261 e. The van der Waals surface area contributed by atoms with E-state index < -0.39 is 17.4 Å². The van der Waals surface area contributed by atoms with Gasteiger partial charge >= 0.3 is 0 Å². The van der Waals surface area contributed by atoms with Crippen LogP contribution in [0.1, 0.15) is 49.9 Å². The number of piperidine rings is 2. The number of amides is 2. The summed E-state index contributed by atoms with van der Waals surface area (Å²) in [5.74, 6) is -0.895. The van der Waals surface area contributed by atoms with Gasteiger partial charge in [0.25, 0.3) is 5.91 Å². The number of ether oxygens (including phenoxy) is 1. The van der Waals surface area contributed by atoms with Gasteiger partial charge in [0.15, 0.2) is 0 Å². The van der Waals surface area contributed by atoms with Gasteiger partial charge in [-0.05, 0) is 101 Å². The van der Waals surface area contributed by atoms with E-state index >= 15 is 0 Å². The number of nitrogens with zero attached hydrogens (tertiary/aromatic N) is 1. The van der Waals surface area contributed by atoms with Crippen molar-refractivity contribution in [3.8, 4) is 16.9 Å². The van der Waals surface area contributed by atoms with Gasteiger partial charge in [0, 0.05) is 12.5 Å². The molecule has 0 radical (unpaired) electrons. The predicted octanol–water partition coefficient (Wildman–Crippen LogP) is 4.59. The van der Waals surface area contributed by atoms with Crippen LogP contribution < -0.4 is 15.4 Å². The van der Waals surface area contributed by atoms with Gasteiger partial charge in [-0.1, -0.05) is 24.3 Å². The maximum atomic E-state index is 14.8. The SMILES string of the molecule is CC(C)(F)CN1CCC(COc2ccc(-c3cccc(F)c3C(=O)NC(=O)C3CCNCC3)cc2)CC1. The number of imide groups is 1. The van der Waals surface area contributed by atoms with Crippen molar-refractivity contribution in [3.05, 3.63) is 53.8 Å². The van der Waals surface area contributed by atoms with E-state index in [0.29, 0.717) is 48.8 Å². The third-order valence-corrected chi connectivity index (χ3v) is 7.15. The van der Waals surface area contributed by atoms with E-state index in [2.05, 4.69) is 15.5 Å². The summed E-state index contributed by atoms with van der Waals surface area (Å²) in [6, 6.07) is 11.7. The lowest BCUT2D eigenvalue weighted by molar-refractivity contribution is -0.124. The van der Waals surface area contributed by atoms with Crippen LogP contribution in [0.15, 0.2) is 42.5 Å². The minimum Gasteiger partial charge on any atom is -0.493 e. The van der Waals surface area contributed by atoms with Gasteiger partial charge in [-0.3, -0.25) is 14.9 Å². The van der Waals surface area contributed by atoms with Crippen LogP contribution in [0.2, 0.25) is 0 Å². The first kappa shape index (κ1) is 27.2. The predicted molar refractivity (Wildman–Crippen MR) is 140 cm³/mol. The van der Waals surface area contributed by atoms with Crippen molar-refractivity contribution in [2.24, 2.45) is 11.8 Å². The molecule has 0 aromatic heterocycles. The Morgan fingerprint density at radius 3 is 2.38 bits per heavy atom. The Morgan fingerprint density at radius 2 is 1.73 bits per heavy atom. The van der Waals surface area contributed by atoms with Gasteiger partial charge in [-0.25, -0.2) is 8.78 Å². The molecule has 0 aliphatic carbocycles. The highest BCUT2D eigenvalue weighted by Gasteiger charge is 2.27. The molecule has 0 bridgehead atoms. The highest BCUT2D eigenvalue weighted by atomic mass is 19.1. The van der Waals surface area contributed by atoms with Crippen LogP contribution in [0.5, 0.6) is 5.75 Å². The van der Waals surface area contributed by atoms with Crippen LogP contribution in [-0.4, -0.2) is 61.7 Å². The minimum absolute atomic E-state index is 0.137. The average molecular weight is 514 g/mol. The first-order chi connectivity index (χ1) is 17.7. The maximum absolute atomic E-state index is 14.8. The number of halogens is 2. The average Bonchev–Trinajstić information content (AvgIpc) is 2.88. The normalized spacial score (nSPS) is 17.9. The first-order valence-electron chi connectivity index (χ1n) is 13.2. The van der Waals surface area contributed by atoms with Crippen LogP contribution in [-0.2, 0) is 4.79 Å². The molecular formula is C29H37F2N3O3. The quantitative estimate of drug-likeness (QED) is 0.506. The topological polar surface area (TPSA) is 70.7 Å². The summed E-state index contributed by atoms with van der Waals surface area (Å²) in [5.41, 5.74) is -0.240. The Bertz CT molecular complexity index is 1070. The van der Waals surface area contributed by atoms with Gasteiger partial charge in [0.1, 0.15) is 17.2 Å². The Balaban J connectivity index is 1.36. The molecule has 2 aromatic rings. The summed E-state index contributed by atoms with van der Waals surface area (Å²) in [6.07, 6.45) is 3.23. The van der Waals surface area contributed by atoms with Crippen LogP contribution >= 0.6 is 0 Å². The van der Waals surface area contributed by atoms with Crippen LogP contribution in [0.25, 0.3) is 11.1 Å². The molecule has 2 heterocycles. The summed E-state index contributed by atoms with van der Waals surface area (Å²) in [4.78, 5) is 27.6. The number of carbonyl (C=O) groups is 2. The summed E-state index contributed by atoms with van der Waals surface area (Å²) < 4.78 is 34.7. The van der Waals surface area contributed by atoms with Crippen LogP contribution in [0.4, 0.5) is 8.78 Å². The Labute approximate surface area is 217 Å². The number of benzene rings is 2. The fraction of sp³-hybridized carbons (Fsp3) is 0.517. The second kappa shape index (κ2) is 12.1.